The number of hydrogen-bond acceptors (Lipinski definition) is 4. The van der Waals surface area contributed by atoms with Crippen LogP contribution in [0, 0.1) is 0 Å². The van der Waals surface area contributed by atoms with Gasteiger partial charge in [-0.1, -0.05) is 12.1 Å². The molecular formula is C19H18F3N3O3. The lowest BCUT2D eigenvalue weighted by Crippen LogP contribution is -2.27. The largest absolute Gasteiger partial charge is 0.573 e. The summed E-state index contributed by atoms with van der Waals surface area (Å²) >= 11 is 0. The first-order valence-corrected chi connectivity index (χ1v) is 8.59. The van der Waals surface area contributed by atoms with Gasteiger partial charge < -0.3 is 20.7 Å². The predicted molar refractivity (Wildman–Crippen MR) is 97.2 cm³/mol. The summed E-state index contributed by atoms with van der Waals surface area (Å²) < 4.78 is 40.2. The van der Waals surface area contributed by atoms with E-state index in [0.29, 0.717) is 16.9 Å². The van der Waals surface area contributed by atoms with Crippen molar-refractivity contribution in [2.75, 3.05) is 17.2 Å². The summed E-state index contributed by atoms with van der Waals surface area (Å²) in [6, 6.07) is 11.9. The van der Waals surface area contributed by atoms with E-state index >= 15 is 0 Å². The normalized spacial score (nSPS) is 13.5. The first-order chi connectivity index (χ1) is 13.3. The van der Waals surface area contributed by atoms with Crippen LogP contribution in [-0.4, -0.2) is 30.8 Å². The number of halogens is 3. The average Bonchev–Trinajstić information content (AvgIpc) is 3.44. The minimum absolute atomic E-state index is 0.117. The van der Waals surface area contributed by atoms with Crippen LogP contribution in [0.2, 0.25) is 0 Å². The number of anilines is 2. The Labute approximate surface area is 159 Å². The number of carbonyl (C=O) groups excluding carboxylic acids is 2. The van der Waals surface area contributed by atoms with Gasteiger partial charge in [-0.3, -0.25) is 9.59 Å². The molecule has 3 N–H and O–H groups in total. The van der Waals surface area contributed by atoms with Gasteiger partial charge in [-0.15, -0.1) is 13.2 Å². The highest BCUT2D eigenvalue weighted by atomic mass is 19.4. The maximum absolute atomic E-state index is 12.2. The number of para-hydroxylation sites is 1. The highest BCUT2D eigenvalue weighted by molar-refractivity contribution is 6.01. The minimum atomic E-state index is -4.77. The molecule has 0 unspecified atom stereocenters. The first kappa shape index (κ1) is 19.5. The quantitative estimate of drug-likeness (QED) is 0.673. The SMILES string of the molecule is O=C(CNc1ccccc1C(=O)NC1CC1)Nc1ccc(OC(F)(F)F)cc1. The molecule has 28 heavy (non-hydrogen) atoms. The third-order valence-corrected chi connectivity index (χ3v) is 3.90. The Bertz CT molecular complexity index is 849. The van der Waals surface area contributed by atoms with Crippen LogP contribution in [0.4, 0.5) is 24.5 Å². The summed E-state index contributed by atoms with van der Waals surface area (Å²) in [4.78, 5) is 24.3. The lowest BCUT2D eigenvalue weighted by molar-refractivity contribution is -0.274. The summed E-state index contributed by atoms with van der Waals surface area (Å²) in [7, 11) is 0. The number of amides is 2. The molecule has 1 aliphatic carbocycles. The van der Waals surface area contributed by atoms with Crippen molar-refractivity contribution in [1.82, 2.24) is 5.32 Å². The van der Waals surface area contributed by atoms with E-state index < -0.39 is 12.3 Å². The zero-order valence-corrected chi connectivity index (χ0v) is 14.7. The topological polar surface area (TPSA) is 79.5 Å². The number of carbonyl (C=O) groups is 2. The third-order valence-electron chi connectivity index (χ3n) is 3.90. The van der Waals surface area contributed by atoms with Crippen LogP contribution in [0.1, 0.15) is 23.2 Å². The zero-order valence-electron chi connectivity index (χ0n) is 14.7. The van der Waals surface area contributed by atoms with E-state index in [9.17, 15) is 22.8 Å². The highest BCUT2D eigenvalue weighted by Gasteiger charge is 2.31. The van der Waals surface area contributed by atoms with Gasteiger partial charge in [-0.05, 0) is 49.2 Å². The van der Waals surface area contributed by atoms with E-state index in [4.69, 9.17) is 0 Å². The van der Waals surface area contributed by atoms with Crippen LogP contribution >= 0.6 is 0 Å². The van der Waals surface area contributed by atoms with Crippen LogP contribution in [-0.2, 0) is 4.79 Å². The number of alkyl halides is 3. The molecule has 0 radical (unpaired) electrons. The van der Waals surface area contributed by atoms with Crippen molar-refractivity contribution in [2.45, 2.75) is 25.2 Å². The van der Waals surface area contributed by atoms with E-state index in [1.165, 1.54) is 12.1 Å². The van der Waals surface area contributed by atoms with Crippen molar-refractivity contribution in [3.05, 3.63) is 54.1 Å². The Morgan fingerprint density at radius 2 is 1.71 bits per heavy atom. The van der Waals surface area contributed by atoms with Crippen molar-refractivity contribution >= 4 is 23.2 Å². The van der Waals surface area contributed by atoms with Crippen molar-refractivity contribution in [3.63, 3.8) is 0 Å². The Morgan fingerprint density at radius 1 is 1.04 bits per heavy atom. The molecule has 1 fully saturated rings. The second kappa shape index (κ2) is 8.20. The molecule has 0 heterocycles. The lowest BCUT2D eigenvalue weighted by Gasteiger charge is -2.13. The maximum Gasteiger partial charge on any atom is 0.573 e. The van der Waals surface area contributed by atoms with E-state index in [1.54, 1.807) is 24.3 Å². The highest BCUT2D eigenvalue weighted by Crippen LogP contribution is 2.24. The van der Waals surface area contributed by atoms with Crippen LogP contribution in [0.15, 0.2) is 48.5 Å². The van der Waals surface area contributed by atoms with Crippen LogP contribution in [0.5, 0.6) is 5.75 Å². The van der Waals surface area contributed by atoms with Crippen LogP contribution in [0.25, 0.3) is 0 Å². The predicted octanol–water partition coefficient (Wildman–Crippen LogP) is 3.53. The van der Waals surface area contributed by atoms with Gasteiger partial charge in [0.1, 0.15) is 5.75 Å². The fourth-order valence-corrected chi connectivity index (χ4v) is 2.45. The van der Waals surface area contributed by atoms with E-state index in [-0.39, 0.29) is 24.2 Å². The van der Waals surface area contributed by atoms with E-state index in [0.717, 1.165) is 25.0 Å². The second-order valence-electron chi connectivity index (χ2n) is 6.27. The van der Waals surface area contributed by atoms with Gasteiger partial charge in [0.2, 0.25) is 5.91 Å². The molecule has 148 valence electrons. The molecule has 1 saturated carbocycles. The number of ether oxygens (including phenoxy) is 1. The molecule has 2 amide bonds. The van der Waals surface area contributed by atoms with Gasteiger partial charge in [0.15, 0.2) is 0 Å². The molecule has 0 aliphatic heterocycles. The molecule has 0 bridgehead atoms. The van der Waals surface area contributed by atoms with Crippen molar-refractivity contribution in [1.29, 1.82) is 0 Å². The summed E-state index contributed by atoms with van der Waals surface area (Å²) in [5.41, 5.74) is 1.28. The minimum Gasteiger partial charge on any atom is -0.406 e. The molecule has 2 aromatic carbocycles. The number of nitrogens with one attached hydrogen (secondary N) is 3. The molecular weight excluding hydrogens is 375 g/mol. The smallest absolute Gasteiger partial charge is 0.406 e. The third kappa shape index (κ3) is 5.90. The Morgan fingerprint density at radius 3 is 2.36 bits per heavy atom. The Hall–Kier alpha value is -3.23. The number of benzene rings is 2. The summed E-state index contributed by atoms with van der Waals surface area (Å²) in [6.45, 7) is -0.117. The van der Waals surface area contributed by atoms with Gasteiger partial charge in [0, 0.05) is 17.4 Å². The second-order valence-corrected chi connectivity index (χ2v) is 6.27. The Balaban J connectivity index is 1.54. The fraction of sp³-hybridized carbons (Fsp3) is 0.263. The first-order valence-electron chi connectivity index (χ1n) is 8.59. The van der Waals surface area contributed by atoms with Crippen LogP contribution in [0.3, 0.4) is 0 Å². The summed E-state index contributed by atoms with van der Waals surface area (Å²) in [5, 5.41) is 8.35. The van der Waals surface area contributed by atoms with Crippen molar-refractivity contribution in [2.24, 2.45) is 0 Å². The van der Waals surface area contributed by atoms with Gasteiger partial charge >= 0.3 is 6.36 Å². The fourth-order valence-electron chi connectivity index (χ4n) is 2.45. The lowest BCUT2D eigenvalue weighted by atomic mass is 10.1. The molecule has 9 heteroatoms. The van der Waals surface area contributed by atoms with Gasteiger partial charge in [-0.25, -0.2) is 0 Å². The van der Waals surface area contributed by atoms with E-state index in [1.807, 2.05) is 0 Å². The summed E-state index contributed by atoms with van der Waals surface area (Å²) in [6.07, 6.45) is -2.83. The van der Waals surface area contributed by atoms with Gasteiger partial charge in [0.05, 0.1) is 12.1 Å². The number of hydrogen-bond donors (Lipinski definition) is 3. The molecule has 2 aromatic rings. The maximum atomic E-state index is 12.2. The zero-order chi connectivity index (χ0) is 20.1. The van der Waals surface area contributed by atoms with Gasteiger partial charge in [-0.2, -0.15) is 0 Å². The summed E-state index contributed by atoms with van der Waals surface area (Å²) in [5.74, 6) is -0.993. The van der Waals surface area contributed by atoms with Crippen molar-refractivity contribution < 1.29 is 27.5 Å². The monoisotopic (exact) mass is 393 g/mol. The Kier molecular flexibility index (Phi) is 5.72. The molecule has 0 aromatic heterocycles. The standard InChI is InChI=1S/C19H18F3N3O3/c20-19(21,22)28-14-9-7-12(8-10-14)24-17(26)11-23-16-4-2-1-3-15(16)18(27)25-13-5-6-13/h1-4,7-10,13,23H,5-6,11H2,(H,24,26)(H,25,27). The molecule has 6 nitrogen and oxygen atoms in total. The average molecular weight is 393 g/mol. The molecule has 0 saturated heterocycles. The molecule has 0 atom stereocenters. The van der Waals surface area contributed by atoms with Crippen LogP contribution < -0.4 is 20.7 Å². The van der Waals surface area contributed by atoms with Crippen molar-refractivity contribution in [3.8, 4) is 5.75 Å². The molecule has 1 aliphatic rings. The van der Waals surface area contributed by atoms with E-state index in [2.05, 4.69) is 20.7 Å². The molecule has 3 rings (SSSR count). The number of rotatable bonds is 7. The van der Waals surface area contributed by atoms with Gasteiger partial charge in [0.25, 0.3) is 5.91 Å². The molecule has 0 spiro atoms.